The molecule has 0 atom stereocenters. The SMILES string of the molecule is CC(=O)c1ccc(NC(=O)COC(=O)c2ccccc2SCc2ccc(C#N)cc2)cc1. The standard InChI is InChI=1S/C25H20N2O4S/c1-17(28)20-10-12-21(13-11-20)27-24(29)15-31-25(30)22-4-2-3-5-23(22)32-16-19-8-6-18(14-26)7-9-19/h2-13H,15-16H2,1H3,(H,27,29). The van der Waals surface area contributed by atoms with E-state index in [4.69, 9.17) is 10.00 Å². The maximum atomic E-state index is 12.5. The Morgan fingerprint density at radius 2 is 1.66 bits per heavy atom. The zero-order valence-corrected chi connectivity index (χ0v) is 18.1. The number of hydrogen-bond acceptors (Lipinski definition) is 6. The van der Waals surface area contributed by atoms with E-state index in [-0.39, 0.29) is 5.78 Å². The first kappa shape index (κ1) is 22.8. The Labute approximate surface area is 190 Å². The van der Waals surface area contributed by atoms with Crippen LogP contribution in [0.3, 0.4) is 0 Å². The summed E-state index contributed by atoms with van der Waals surface area (Å²) in [5, 5.41) is 11.5. The van der Waals surface area contributed by atoms with Gasteiger partial charge in [-0.25, -0.2) is 4.79 Å². The van der Waals surface area contributed by atoms with Crippen molar-refractivity contribution in [3.63, 3.8) is 0 Å². The van der Waals surface area contributed by atoms with Crippen LogP contribution in [0.15, 0.2) is 77.7 Å². The quantitative estimate of drug-likeness (QED) is 0.303. The number of ether oxygens (including phenoxy) is 1. The molecule has 0 aliphatic carbocycles. The second-order valence-corrected chi connectivity index (χ2v) is 7.87. The van der Waals surface area contributed by atoms with Gasteiger partial charge in [0.15, 0.2) is 12.4 Å². The van der Waals surface area contributed by atoms with Crippen molar-refractivity contribution in [1.29, 1.82) is 5.26 Å². The summed E-state index contributed by atoms with van der Waals surface area (Å²) in [5.41, 5.74) is 3.05. The fourth-order valence-corrected chi connectivity index (χ4v) is 3.79. The van der Waals surface area contributed by atoms with Crippen molar-refractivity contribution < 1.29 is 19.1 Å². The molecular formula is C25H20N2O4S. The van der Waals surface area contributed by atoms with Crippen LogP contribution >= 0.6 is 11.8 Å². The molecule has 3 aromatic carbocycles. The number of ketones is 1. The number of benzene rings is 3. The average Bonchev–Trinajstić information content (AvgIpc) is 2.82. The van der Waals surface area contributed by atoms with Gasteiger partial charge in [-0.15, -0.1) is 11.8 Å². The molecular weight excluding hydrogens is 424 g/mol. The van der Waals surface area contributed by atoms with Crippen molar-refractivity contribution >= 4 is 35.1 Å². The Hall–Kier alpha value is -3.89. The Morgan fingerprint density at radius 3 is 2.31 bits per heavy atom. The smallest absolute Gasteiger partial charge is 0.339 e. The Bertz CT molecular complexity index is 1170. The van der Waals surface area contributed by atoms with Gasteiger partial charge < -0.3 is 10.1 Å². The summed E-state index contributed by atoms with van der Waals surface area (Å²) in [6.07, 6.45) is 0. The van der Waals surface area contributed by atoms with Crippen molar-refractivity contribution in [2.24, 2.45) is 0 Å². The van der Waals surface area contributed by atoms with Gasteiger partial charge in [0.2, 0.25) is 0 Å². The fraction of sp³-hybridized carbons (Fsp3) is 0.120. The largest absolute Gasteiger partial charge is 0.452 e. The number of rotatable bonds is 8. The molecule has 0 saturated carbocycles. The zero-order valence-electron chi connectivity index (χ0n) is 17.3. The lowest BCUT2D eigenvalue weighted by Gasteiger charge is -2.10. The number of thioether (sulfide) groups is 1. The highest BCUT2D eigenvalue weighted by molar-refractivity contribution is 7.98. The molecule has 7 heteroatoms. The summed E-state index contributed by atoms with van der Waals surface area (Å²) < 4.78 is 5.19. The number of anilines is 1. The topological polar surface area (TPSA) is 96.3 Å². The molecule has 0 spiro atoms. The molecule has 1 amide bonds. The second-order valence-electron chi connectivity index (χ2n) is 6.85. The first-order valence-electron chi connectivity index (χ1n) is 9.75. The van der Waals surface area contributed by atoms with E-state index in [2.05, 4.69) is 11.4 Å². The van der Waals surface area contributed by atoms with Gasteiger partial charge in [-0.2, -0.15) is 5.26 Å². The van der Waals surface area contributed by atoms with E-state index in [1.54, 1.807) is 48.5 Å². The van der Waals surface area contributed by atoms with Crippen molar-refractivity contribution in [2.45, 2.75) is 17.6 Å². The molecule has 0 aliphatic heterocycles. The number of nitrogens with one attached hydrogen (secondary N) is 1. The number of carbonyl (C=O) groups is 3. The van der Waals surface area contributed by atoms with Crippen LogP contribution in [-0.4, -0.2) is 24.3 Å². The molecule has 0 fully saturated rings. The molecule has 3 aromatic rings. The van der Waals surface area contributed by atoms with Gasteiger partial charge in [-0.3, -0.25) is 9.59 Å². The molecule has 0 bridgehead atoms. The van der Waals surface area contributed by atoms with Crippen LogP contribution in [0.2, 0.25) is 0 Å². The summed E-state index contributed by atoms with van der Waals surface area (Å²) in [5.74, 6) is -0.508. The number of hydrogen-bond donors (Lipinski definition) is 1. The van der Waals surface area contributed by atoms with Gasteiger partial charge in [0.25, 0.3) is 5.91 Å². The predicted molar refractivity (Wildman–Crippen MR) is 123 cm³/mol. The minimum Gasteiger partial charge on any atom is -0.452 e. The van der Waals surface area contributed by atoms with Crippen LogP contribution in [0.4, 0.5) is 5.69 Å². The average molecular weight is 445 g/mol. The minimum atomic E-state index is -0.588. The maximum Gasteiger partial charge on any atom is 0.339 e. The molecule has 0 unspecified atom stereocenters. The van der Waals surface area contributed by atoms with Gasteiger partial charge in [-0.1, -0.05) is 24.3 Å². The molecule has 0 radical (unpaired) electrons. The second kappa shape index (κ2) is 10.9. The summed E-state index contributed by atoms with van der Waals surface area (Å²) in [6, 6.07) is 22.8. The van der Waals surface area contributed by atoms with Gasteiger partial charge in [0.1, 0.15) is 0 Å². The molecule has 0 heterocycles. The van der Waals surface area contributed by atoms with Crippen LogP contribution in [0.1, 0.15) is 38.8 Å². The molecule has 0 aliphatic rings. The highest BCUT2D eigenvalue weighted by Crippen LogP contribution is 2.27. The van der Waals surface area contributed by atoms with Gasteiger partial charge in [0, 0.05) is 21.9 Å². The monoisotopic (exact) mass is 444 g/mol. The van der Waals surface area contributed by atoms with Gasteiger partial charge in [-0.05, 0) is 61.0 Å². The molecule has 3 rings (SSSR count). The first-order valence-corrected chi connectivity index (χ1v) is 10.7. The predicted octanol–water partition coefficient (Wildman–Crippen LogP) is 4.85. The van der Waals surface area contributed by atoms with E-state index in [9.17, 15) is 14.4 Å². The summed E-state index contributed by atoms with van der Waals surface area (Å²) >= 11 is 1.47. The van der Waals surface area contributed by atoms with Crippen LogP contribution < -0.4 is 5.32 Å². The van der Waals surface area contributed by atoms with E-state index in [0.717, 1.165) is 10.5 Å². The van der Waals surface area contributed by atoms with Crippen molar-refractivity contribution in [3.05, 3.63) is 95.1 Å². The van der Waals surface area contributed by atoms with E-state index in [0.29, 0.717) is 28.1 Å². The number of Topliss-reactive ketones (excluding diaryl/α,β-unsaturated/α-hetero) is 1. The van der Waals surface area contributed by atoms with Gasteiger partial charge in [0.05, 0.1) is 17.2 Å². The number of amides is 1. The highest BCUT2D eigenvalue weighted by Gasteiger charge is 2.15. The maximum absolute atomic E-state index is 12.5. The van der Waals surface area contributed by atoms with Crippen LogP contribution in [0.5, 0.6) is 0 Å². The van der Waals surface area contributed by atoms with Crippen LogP contribution in [0, 0.1) is 11.3 Å². The number of nitriles is 1. The summed E-state index contributed by atoms with van der Waals surface area (Å²) in [4.78, 5) is 36.7. The lowest BCUT2D eigenvalue weighted by atomic mass is 10.1. The Kier molecular flexibility index (Phi) is 7.79. The number of esters is 1. The van der Waals surface area contributed by atoms with Crippen molar-refractivity contribution in [3.8, 4) is 6.07 Å². The third kappa shape index (κ3) is 6.30. The summed E-state index contributed by atoms with van der Waals surface area (Å²) in [6.45, 7) is 1.04. The van der Waals surface area contributed by atoms with E-state index >= 15 is 0 Å². The normalized spacial score (nSPS) is 10.1. The van der Waals surface area contributed by atoms with Crippen molar-refractivity contribution in [1.82, 2.24) is 0 Å². The van der Waals surface area contributed by atoms with Crippen LogP contribution in [0.25, 0.3) is 0 Å². The van der Waals surface area contributed by atoms with Gasteiger partial charge >= 0.3 is 5.97 Å². The molecule has 0 aromatic heterocycles. The number of nitrogens with zero attached hydrogens (tertiary/aromatic N) is 1. The fourth-order valence-electron chi connectivity index (χ4n) is 2.79. The Morgan fingerprint density at radius 1 is 0.969 bits per heavy atom. The summed E-state index contributed by atoms with van der Waals surface area (Å²) in [7, 11) is 0. The van der Waals surface area contributed by atoms with E-state index in [1.807, 2.05) is 24.3 Å². The Balaban J connectivity index is 1.56. The molecule has 0 saturated heterocycles. The first-order chi connectivity index (χ1) is 15.5. The lowest BCUT2D eigenvalue weighted by Crippen LogP contribution is -2.21. The third-order valence-electron chi connectivity index (χ3n) is 4.49. The van der Waals surface area contributed by atoms with Crippen molar-refractivity contribution in [2.75, 3.05) is 11.9 Å². The molecule has 1 N–H and O–H groups in total. The highest BCUT2D eigenvalue weighted by atomic mass is 32.2. The zero-order chi connectivity index (χ0) is 22.9. The number of carbonyl (C=O) groups excluding carboxylic acids is 3. The molecule has 160 valence electrons. The van der Waals surface area contributed by atoms with E-state index in [1.165, 1.54) is 18.7 Å². The molecule has 32 heavy (non-hydrogen) atoms. The van der Waals surface area contributed by atoms with E-state index < -0.39 is 18.5 Å². The molecule has 6 nitrogen and oxygen atoms in total. The third-order valence-corrected chi connectivity index (χ3v) is 5.64. The minimum absolute atomic E-state index is 0.0625. The lowest BCUT2D eigenvalue weighted by molar-refractivity contribution is -0.119. The van der Waals surface area contributed by atoms with Crippen LogP contribution in [-0.2, 0) is 15.3 Å².